The molecule has 5 heteroatoms. The molecule has 0 fully saturated rings. The predicted octanol–water partition coefficient (Wildman–Crippen LogP) is 4.34. The van der Waals surface area contributed by atoms with Crippen LogP contribution in [0.25, 0.3) is 0 Å². The Morgan fingerprint density at radius 1 is 1.25 bits per heavy atom. The quantitative estimate of drug-likeness (QED) is 0.853. The van der Waals surface area contributed by atoms with Gasteiger partial charge in [0.2, 0.25) is 0 Å². The first-order valence-electron chi connectivity index (χ1n) is 5.94. The van der Waals surface area contributed by atoms with E-state index in [9.17, 15) is 4.79 Å². The molecule has 1 N–H and O–H groups in total. The molecule has 0 spiro atoms. The second-order valence-corrected chi connectivity index (χ2v) is 4.84. The van der Waals surface area contributed by atoms with Gasteiger partial charge in [-0.3, -0.25) is 4.79 Å². The third-order valence-electron chi connectivity index (χ3n) is 2.75. The van der Waals surface area contributed by atoms with Crippen molar-refractivity contribution in [1.82, 2.24) is 0 Å². The second kappa shape index (κ2) is 6.64. The Labute approximate surface area is 127 Å². The molecule has 0 unspecified atom stereocenters. The van der Waals surface area contributed by atoms with Gasteiger partial charge in [-0.1, -0.05) is 23.7 Å². The number of anilines is 1. The van der Waals surface area contributed by atoms with E-state index in [1.807, 2.05) is 18.2 Å². The van der Waals surface area contributed by atoms with Crippen molar-refractivity contribution >= 4 is 34.8 Å². The van der Waals surface area contributed by atoms with Crippen LogP contribution < -0.4 is 10.1 Å². The van der Waals surface area contributed by atoms with Crippen LogP contribution in [0.15, 0.2) is 42.5 Å². The summed E-state index contributed by atoms with van der Waals surface area (Å²) in [6, 6.07) is 12.2. The van der Waals surface area contributed by atoms with Gasteiger partial charge in [0.05, 0.1) is 12.7 Å². The molecule has 0 atom stereocenters. The van der Waals surface area contributed by atoms with Crippen LogP contribution in [-0.2, 0) is 5.88 Å². The summed E-state index contributed by atoms with van der Waals surface area (Å²) in [7, 11) is 1.50. The molecule has 20 heavy (non-hydrogen) atoms. The van der Waals surface area contributed by atoms with E-state index in [1.165, 1.54) is 7.11 Å². The minimum atomic E-state index is -0.259. The number of hydrogen-bond acceptors (Lipinski definition) is 2. The normalized spacial score (nSPS) is 10.2. The van der Waals surface area contributed by atoms with Crippen molar-refractivity contribution in [2.24, 2.45) is 0 Å². The molecule has 0 saturated carbocycles. The molecule has 2 rings (SSSR count). The lowest BCUT2D eigenvalue weighted by molar-refractivity contribution is 0.102. The molecule has 0 radical (unpaired) electrons. The highest BCUT2D eigenvalue weighted by Crippen LogP contribution is 2.24. The van der Waals surface area contributed by atoms with Crippen LogP contribution in [0.5, 0.6) is 5.75 Å². The minimum Gasteiger partial charge on any atom is -0.496 e. The van der Waals surface area contributed by atoms with E-state index in [1.54, 1.807) is 24.3 Å². The Morgan fingerprint density at radius 2 is 2.05 bits per heavy atom. The number of hydrogen-bond donors (Lipinski definition) is 1. The van der Waals surface area contributed by atoms with E-state index in [2.05, 4.69) is 5.32 Å². The van der Waals surface area contributed by atoms with Crippen LogP contribution in [0.1, 0.15) is 15.9 Å². The van der Waals surface area contributed by atoms with Crippen molar-refractivity contribution in [3.8, 4) is 5.75 Å². The van der Waals surface area contributed by atoms with Crippen LogP contribution in [0.2, 0.25) is 5.02 Å². The number of methoxy groups -OCH3 is 1. The number of ether oxygens (including phenoxy) is 1. The van der Waals surface area contributed by atoms with Crippen molar-refractivity contribution in [1.29, 1.82) is 0 Å². The fourth-order valence-corrected chi connectivity index (χ4v) is 2.11. The van der Waals surface area contributed by atoms with E-state index >= 15 is 0 Å². The van der Waals surface area contributed by atoms with E-state index in [-0.39, 0.29) is 5.91 Å². The van der Waals surface area contributed by atoms with Gasteiger partial charge in [-0.25, -0.2) is 0 Å². The summed E-state index contributed by atoms with van der Waals surface area (Å²) in [6.45, 7) is 0. The number of nitrogens with one attached hydrogen (secondary N) is 1. The monoisotopic (exact) mass is 309 g/mol. The first-order valence-corrected chi connectivity index (χ1v) is 6.85. The summed E-state index contributed by atoms with van der Waals surface area (Å²) in [6.07, 6.45) is 0. The highest BCUT2D eigenvalue weighted by Gasteiger charge is 2.13. The third kappa shape index (κ3) is 3.44. The highest BCUT2D eigenvalue weighted by atomic mass is 35.5. The maximum Gasteiger partial charge on any atom is 0.259 e. The largest absolute Gasteiger partial charge is 0.496 e. The number of alkyl halides is 1. The maximum atomic E-state index is 12.2. The first kappa shape index (κ1) is 14.7. The average molecular weight is 310 g/mol. The van der Waals surface area contributed by atoms with Crippen molar-refractivity contribution in [3.63, 3.8) is 0 Å². The Balaban J connectivity index is 2.23. The van der Waals surface area contributed by atoms with Gasteiger partial charge in [0, 0.05) is 16.6 Å². The maximum absolute atomic E-state index is 12.2. The number of benzene rings is 2. The van der Waals surface area contributed by atoms with Gasteiger partial charge in [0.15, 0.2) is 0 Å². The van der Waals surface area contributed by atoms with Crippen molar-refractivity contribution in [2.45, 2.75) is 5.88 Å². The second-order valence-electron chi connectivity index (χ2n) is 4.13. The van der Waals surface area contributed by atoms with Crippen LogP contribution in [0.3, 0.4) is 0 Å². The summed E-state index contributed by atoms with van der Waals surface area (Å²) in [4.78, 5) is 12.2. The predicted molar refractivity (Wildman–Crippen MR) is 82.0 cm³/mol. The number of carbonyl (C=O) groups is 1. The first-order chi connectivity index (χ1) is 9.63. The molecule has 0 aliphatic carbocycles. The van der Waals surface area contributed by atoms with Crippen molar-refractivity contribution in [3.05, 3.63) is 58.6 Å². The van der Waals surface area contributed by atoms with E-state index in [0.29, 0.717) is 27.9 Å². The lowest BCUT2D eigenvalue weighted by atomic mass is 10.1. The van der Waals surface area contributed by atoms with Gasteiger partial charge in [-0.2, -0.15) is 0 Å². The number of amides is 1. The molecule has 2 aromatic carbocycles. The molecule has 0 bridgehead atoms. The van der Waals surface area contributed by atoms with Crippen LogP contribution in [-0.4, -0.2) is 13.0 Å². The van der Waals surface area contributed by atoms with Gasteiger partial charge < -0.3 is 10.1 Å². The van der Waals surface area contributed by atoms with Gasteiger partial charge in [-0.15, -0.1) is 11.6 Å². The smallest absolute Gasteiger partial charge is 0.259 e. The van der Waals surface area contributed by atoms with Gasteiger partial charge in [0.25, 0.3) is 5.91 Å². The van der Waals surface area contributed by atoms with Crippen molar-refractivity contribution in [2.75, 3.05) is 12.4 Å². The summed E-state index contributed by atoms with van der Waals surface area (Å²) >= 11 is 11.6. The zero-order valence-corrected chi connectivity index (χ0v) is 12.3. The van der Waals surface area contributed by atoms with Gasteiger partial charge in [-0.05, 0) is 35.9 Å². The molecule has 0 aromatic heterocycles. The van der Waals surface area contributed by atoms with Crippen LogP contribution in [0.4, 0.5) is 5.69 Å². The summed E-state index contributed by atoms with van der Waals surface area (Å²) < 4.78 is 5.16. The summed E-state index contributed by atoms with van der Waals surface area (Å²) in [5.41, 5.74) is 2.05. The SMILES string of the molecule is COc1cc(Cl)ccc1C(=O)Nc1cccc(CCl)c1. The Bertz CT molecular complexity index is 629. The zero-order chi connectivity index (χ0) is 14.5. The molecule has 0 saturated heterocycles. The van der Waals surface area contributed by atoms with Crippen LogP contribution >= 0.6 is 23.2 Å². The van der Waals surface area contributed by atoms with E-state index in [0.717, 1.165) is 5.56 Å². The Morgan fingerprint density at radius 3 is 2.75 bits per heavy atom. The van der Waals surface area contributed by atoms with E-state index in [4.69, 9.17) is 27.9 Å². The summed E-state index contributed by atoms with van der Waals surface area (Å²) in [5.74, 6) is 0.572. The molecule has 1 amide bonds. The molecule has 0 heterocycles. The molecular formula is C15H13Cl2NO2. The Kier molecular flexibility index (Phi) is 4.88. The summed E-state index contributed by atoms with van der Waals surface area (Å²) in [5, 5.41) is 3.32. The lowest BCUT2D eigenvalue weighted by Crippen LogP contribution is -2.13. The lowest BCUT2D eigenvalue weighted by Gasteiger charge is -2.10. The molecule has 0 aliphatic rings. The van der Waals surface area contributed by atoms with Gasteiger partial charge >= 0.3 is 0 Å². The minimum absolute atomic E-state index is 0.259. The molecule has 2 aromatic rings. The molecular weight excluding hydrogens is 297 g/mol. The zero-order valence-electron chi connectivity index (χ0n) is 10.8. The number of rotatable bonds is 4. The number of carbonyl (C=O) groups excluding carboxylic acids is 1. The third-order valence-corrected chi connectivity index (χ3v) is 3.29. The fraction of sp³-hybridized carbons (Fsp3) is 0.133. The van der Waals surface area contributed by atoms with Gasteiger partial charge in [0.1, 0.15) is 5.75 Å². The van der Waals surface area contributed by atoms with E-state index < -0.39 is 0 Å². The molecule has 3 nitrogen and oxygen atoms in total. The average Bonchev–Trinajstić information content (AvgIpc) is 2.47. The molecule has 0 aliphatic heterocycles. The highest BCUT2D eigenvalue weighted by molar-refractivity contribution is 6.31. The Hall–Kier alpha value is -1.71. The fourth-order valence-electron chi connectivity index (χ4n) is 1.78. The number of halogens is 2. The molecule has 104 valence electrons. The topological polar surface area (TPSA) is 38.3 Å². The van der Waals surface area contributed by atoms with Crippen LogP contribution in [0, 0.1) is 0 Å². The van der Waals surface area contributed by atoms with Crippen molar-refractivity contribution < 1.29 is 9.53 Å². The standard InChI is InChI=1S/C15H13Cl2NO2/c1-20-14-8-11(17)5-6-13(14)15(19)18-12-4-2-3-10(7-12)9-16/h2-8H,9H2,1H3,(H,18,19).